The number of rotatable bonds is 8. The summed E-state index contributed by atoms with van der Waals surface area (Å²) in [6, 6.07) is 9.55. The second-order valence-corrected chi connectivity index (χ2v) is 8.08. The average molecular weight is 401 g/mol. The van der Waals surface area contributed by atoms with Crippen LogP contribution in [0.3, 0.4) is 0 Å². The number of methoxy groups -OCH3 is 1. The molecule has 1 aromatic heterocycles. The first kappa shape index (κ1) is 20.4. The van der Waals surface area contributed by atoms with Gasteiger partial charge in [-0.2, -0.15) is 11.3 Å². The van der Waals surface area contributed by atoms with Gasteiger partial charge in [0.2, 0.25) is 11.8 Å². The molecule has 28 heavy (non-hydrogen) atoms. The lowest BCUT2D eigenvalue weighted by Gasteiger charge is -2.30. The highest BCUT2D eigenvalue weighted by molar-refractivity contribution is 7.07. The Kier molecular flexibility index (Phi) is 6.73. The summed E-state index contributed by atoms with van der Waals surface area (Å²) >= 11 is 1.62. The van der Waals surface area contributed by atoms with E-state index in [1.54, 1.807) is 23.3 Å². The third-order valence-electron chi connectivity index (χ3n) is 5.33. The summed E-state index contributed by atoms with van der Waals surface area (Å²) in [6.07, 6.45) is 2.22. The zero-order valence-electron chi connectivity index (χ0n) is 16.8. The van der Waals surface area contributed by atoms with Crippen molar-refractivity contribution in [3.63, 3.8) is 0 Å². The van der Waals surface area contributed by atoms with Crippen LogP contribution in [0.5, 0.6) is 5.75 Å². The Morgan fingerprint density at radius 3 is 2.64 bits per heavy atom. The molecule has 6 heteroatoms. The maximum Gasteiger partial charge on any atom is 0.228 e. The van der Waals surface area contributed by atoms with Crippen LogP contribution < -0.4 is 4.74 Å². The summed E-state index contributed by atoms with van der Waals surface area (Å²) in [7, 11) is 3.46. The summed E-state index contributed by atoms with van der Waals surface area (Å²) in [6.45, 7) is 3.36. The number of unbranched alkanes of at least 4 members (excludes halogenated alkanes) is 1. The minimum Gasteiger partial charge on any atom is -0.497 e. The Hall–Kier alpha value is -2.34. The molecule has 0 aliphatic carbocycles. The third kappa shape index (κ3) is 4.38. The van der Waals surface area contributed by atoms with Gasteiger partial charge in [-0.05, 0) is 46.5 Å². The largest absolute Gasteiger partial charge is 0.497 e. The van der Waals surface area contributed by atoms with Gasteiger partial charge in [-0.1, -0.05) is 25.5 Å². The van der Waals surface area contributed by atoms with E-state index in [2.05, 4.69) is 12.3 Å². The molecule has 0 N–H and O–H groups in total. The maximum absolute atomic E-state index is 13.3. The summed E-state index contributed by atoms with van der Waals surface area (Å²) in [5.41, 5.74) is 2.11. The fourth-order valence-corrected chi connectivity index (χ4v) is 4.49. The van der Waals surface area contributed by atoms with Crippen molar-refractivity contribution in [3.8, 4) is 5.75 Å². The number of nitrogens with zero attached hydrogens (tertiary/aromatic N) is 2. The van der Waals surface area contributed by atoms with Gasteiger partial charge in [0.25, 0.3) is 0 Å². The van der Waals surface area contributed by atoms with Crippen LogP contribution >= 0.6 is 11.3 Å². The number of carbonyl (C=O) groups excluding carboxylic acids is 2. The van der Waals surface area contributed by atoms with Gasteiger partial charge in [0.05, 0.1) is 19.1 Å². The highest BCUT2D eigenvalue weighted by atomic mass is 32.1. The van der Waals surface area contributed by atoms with Gasteiger partial charge >= 0.3 is 0 Å². The van der Waals surface area contributed by atoms with Gasteiger partial charge in [-0.15, -0.1) is 0 Å². The Morgan fingerprint density at radius 1 is 1.29 bits per heavy atom. The Morgan fingerprint density at radius 2 is 2.04 bits per heavy atom. The minimum atomic E-state index is -0.360. The Labute approximate surface area is 170 Å². The van der Waals surface area contributed by atoms with Gasteiger partial charge in [0.1, 0.15) is 5.75 Å². The lowest BCUT2D eigenvalue weighted by atomic mass is 9.92. The van der Waals surface area contributed by atoms with Crippen molar-refractivity contribution >= 4 is 23.2 Å². The lowest BCUT2D eigenvalue weighted by Crippen LogP contribution is -2.36. The summed E-state index contributed by atoms with van der Waals surface area (Å²) in [5, 5.41) is 4.07. The molecule has 2 unspecified atom stereocenters. The molecule has 0 radical (unpaired) electrons. The topological polar surface area (TPSA) is 49.9 Å². The molecule has 2 aromatic rings. The second kappa shape index (κ2) is 9.24. The number of likely N-dealkylation sites (tertiary alicyclic amines) is 1. The highest BCUT2D eigenvalue weighted by Crippen LogP contribution is 2.40. The van der Waals surface area contributed by atoms with Crippen LogP contribution in [0.15, 0.2) is 41.1 Å². The first-order valence-corrected chi connectivity index (χ1v) is 10.7. The van der Waals surface area contributed by atoms with E-state index < -0.39 is 0 Å². The molecule has 150 valence electrons. The van der Waals surface area contributed by atoms with E-state index in [9.17, 15) is 9.59 Å². The lowest BCUT2D eigenvalue weighted by molar-refractivity contribution is -0.135. The molecular formula is C22H28N2O3S. The SMILES string of the molecule is CCCCN1C(=O)CC(C(=O)N(C)Cc2ccsc2)C1c1ccc(OC)cc1. The number of thiophene rings is 1. The van der Waals surface area contributed by atoms with E-state index in [-0.39, 0.29) is 30.2 Å². The molecule has 1 aliphatic rings. The van der Waals surface area contributed by atoms with E-state index in [0.29, 0.717) is 13.1 Å². The monoisotopic (exact) mass is 400 g/mol. The number of hydrogen-bond acceptors (Lipinski definition) is 4. The van der Waals surface area contributed by atoms with E-state index in [1.807, 2.05) is 47.7 Å². The molecule has 2 heterocycles. The van der Waals surface area contributed by atoms with Crippen LogP contribution in [0.2, 0.25) is 0 Å². The highest BCUT2D eigenvalue weighted by Gasteiger charge is 2.45. The fraction of sp³-hybridized carbons (Fsp3) is 0.455. The number of ether oxygens (including phenoxy) is 1. The second-order valence-electron chi connectivity index (χ2n) is 7.30. The molecule has 1 fully saturated rings. The first-order chi connectivity index (χ1) is 13.5. The predicted octanol–water partition coefficient (Wildman–Crippen LogP) is 4.11. The Balaban J connectivity index is 1.85. The molecule has 1 aliphatic heterocycles. The van der Waals surface area contributed by atoms with Crippen molar-refractivity contribution in [3.05, 3.63) is 52.2 Å². The number of hydrogen-bond donors (Lipinski definition) is 0. The van der Waals surface area contributed by atoms with Gasteiger partial charge in [-0.3, -0.25) is 9.59 Å². The van der Waals surface area contributed by atoms with Crippen LogP contribution in [0.25, 0.3) is 0 Å². The summed E-state index contributed by atoms with van der Waals surface area (Å²) < 4.78 is 5.26. The fourth-order valence-electron chi connectivity index (χ4n) is 3.83. The van der Waals surface area contributed by atoms with Gasteiger partial charge in [0, 0.05) is 26.6 Å². The maximum atomic E-state index is 13.3. The standard InChI is InChI=1S/C22H28N2O3S/c1-4-5-11-24-20(25)13-19(21(24)17-6-8-18(27-3)9-7-17)22(26)23(2)14-16-10-12-28-15-16/h6-10,12,15,19,21H,4-5,11,13-14H2,1-3H3. The van der Waals surface area contributed by atoms with Gasteiger partial charge < -0.3 is 14.5 Å². The third-order valence-corrected chi connectivity index (χ3v) is 6.07. The molecule has 1 saturated heterocycles. The molecule has 0 saturated carbocycles. The van der Waals surface area contributed by atoms with E-state index >= 15 is 0 Å². The number of amides is 2. The molecular weight excluding hydrogens is 372 g/mol. The Bertz CT molecular complexity index is 789. The zero-order valence-corrected chi connectivity index (χ0v) is 17.6. The van der Waals surface area contributed by atoms with E-state index in [1.165, 1.54) is 0 Å². The van der Waals surface area contributed by atoms with Crippen LogP contribution in [-0.4, -0.2) is 42.3 Å². The van der Waals surface area contributed by atoms with Gasteiger partial charge in [-0.25, -0.2) is 0 Å². The first-order valence-electron chi connectivity index (χ1n) is 9.74. The van der Waals surface area contributed by atoms with Gasteiger partial charge in [0.15, 0.2) is 0 Å². The van der Waals surface area contributed by atoms with Crippen molar-refractivity contribution in [1.82, 2.24) is 9.80 Å². The predicted molar refractivity (Wildman–Crippen MR) is 111 cm³/mol. The van der Waals surface area contributed by atoms with Crippen molar-refractivity contribution in [2.24, 2.45) is 5.92 Å². The molecule has 2 atom stereocenters. The summed E-state index contributed by atoms with van der Waals surface area (Å²) in [4.78, 5) is 29.7. The molecule has 0 bridgehead atoms. The average Bonchev–Trinajstić information content (AvgIpc) is 3.33. The normalized spacial score (nSPS) is 19.1. The molecule has 5 nitrogen and oxygen atoms in total. The van der Waals surface area contributed by atoms with E-state index in [4.69, 9.17) is 4.74 Å². The molecule has 2 amide bonds. The number of benzene rings is 1. The van der Waals surface area contributed by atoms with Crippen LogP contribution in [0, 0.1) is 5.92 Å². The summed E-state index contributed by atoms with van der Waals surface area (Å²) in [5.74, 6) is 0.503. The van der Waals surface area contributed by atoms with Crippen LogP contribution in [0.4, 0.5) is 0 Å². The molecule has 1 aromatic carbocycles. The number of carbonyl (C=O) groups is 2. The minimum absolute atomic E-state index is 0.0272. The van der Waals surface area contributed by atoms with Crippen molar-refractivity contribution in [2.45, 2.75) is 38.8 Å². The molecule has 3 rings (SSSR count). The van der Waals surface area contributed by atoms with Crippen molar-refractivity contribution < 1.29 is 14.3 Å². The smallest absolute Gasteiger partial charge is 0.228 e. The zero-order chi connectivity index (χ0) is 20.1. The molecule has 0 spiro atoms. The van der Waals surface area contributed by atoms with Crippen molar-refractivity contribution in [2.75, 3.05) is 20.7 Å². The van der Waals surface area contributed by atoms with Crippen LogP contribution in [-0.2, 0) is 16.1 Å². The quantitative estimate of drug-likeness (QED) is 0.670. The van der Waals surface area contributed by atoms with E-state index in [0.717, 1.165) is 29.7 Å². The van der Waals surface area contributed by atoms with Crippen LogP contribution in [0.1, 0.15) is 43.4 Å². The van der Waals surface area contributed by atoms with Crippen molar-refractivity contribution in [1.29, 1.82) is 0 Å².